The van der Waals surface area contributed by atoms with Crippen LogP contribution in [-0.4, -0.2) is 34.5 Å². The van der Waals surface area contributed by atoms with Crippen molar-refractivity contribution in [3.63, 3.8) is 0 Å². The van der Waals surface area contributed by atoms with E-state index in [0.717, 1.165) is 66.6 Å². The molecule has 172 valence electrons. The lowest BCUT2D eigenvalue weighted by Gasteiger charge is -2.31. The Morgan fingerprint density at radius 1 is 1.12 bits per heavy atom. The van der Waals surface area contributed by atoms with Gasteiger partial charge in [0.1, 0.15) is 5.82 Å². The van der Waals surface area contributed by atoms with E-state index in [-0.39, 0.29) is 5.91 Å². The minimum atomic E-state index is 0.0438. The van der Waals surface area contributed by atoms with Gasteiger partial charge in [0.15, 0.2) is 5.82 Å². The fourth-order valence-electron chi connectivity index (χ4n) is 4.94. The number of fused-ring (bicyclic) bond motifs is 2. The van der Waals surface area contributed by atoms with Crippen LogP contribution in [0.15, 0.2) is 48.5 Å². The summed E-state index contributed by atoms with van der Waals surface area (Å²) in [5, 5.41) is 7.78. The fourth-order valence-corrected chi connectivity index (χ4v) is 4.94. The Hall–Kier alpha value is -3.03. The molecule has 0 spiro atoms. The molecule has 1 saturated carbocycles. The zero-order valence-corrected chi connectivity index (χ0v) is 19.1. The summed E-state index contributed by atoms with van der Waals surface area (Å²) in [6.07, 6.45) is 5.83. The first-order chi connectivity index (χ1) is 16.2. The molecule has 33 heavy (non-hydrogen) atoms. The molecule has 0 radical (unpaired) electrons. The molecule has 0 bridgehead atoms. The summed E-state index contributed by atoms with van der Waals surface area (Å²) >= 11 is 0. The maximum Gasteiger partial charge on any atom is 0.224 e. The average Bonchev–Trinajstić information content (AvgIpc) is 3.31. The number of hydrazine groups is 1. The second kappa shape index (κ2) is 9.85. The van der Waals surface area contributed by atoms with Gasteiger partial charge in [-0.05, 0) is 55.9 Å². The number of hydrogen-bond acceptors (Lipinski definition) is 6. The number of nitrogens with zero attached hydrogens (tertiary/aromatic N) is 2. The SMILES string of the molecule is CCCCC(=O)Nc1cccc(-c2nc(NC3CCC4NNCC4C3)c3ccccc3n2)c1. The molecule has 2 aliphatic rings. The van der Waals surface area contributed by atoms with Gasteiger partial charge in [0.2, 0.25) is 5.91 Å². The molecule has 1 saturated heterocycles. The van der Waals surface area contributed by atoms with Gasteiger partial charge in [0.05, 0.1) is 5.52 Å². The van der Waals surface area contributed by atoms with Crippen LogP contribution < -0.4 is 21.5 Å². The number of rotatable bonds is 7. The summed E-state index contributed by atoms with van der Waals surface area (Å²) in [5.74, 6) is 2.24. The third-order valence-electron chi connectivity index (χ3n) is 6.74. The van der Waals surface area contributed by atoms with Crippen LogP contribution >= 0.6 is 0 Å². The highest BCUT2D eigenvalue weighted by Gasteiger charge is 2.34. The van der Waals surface area contributed by atoms with E-state index in [1.807, 2.05) is 42.5 Å². The topological polar surface area (TPSA) is 91.0 Å². The van der Waals surface area contributed by atoms with E-state index in [2.05, 4.69) is 34.5 Å². The van der Waals surface area contributed by atoms with E-state index in [1.165, 1.54) is 0 Å². The molecular weight excluding hydrogens is 412 g/mol. The number of carbonyl (C=O) groups excluding carboxylic acids is 1. The average molecular weight is 445 g/mol. The standard InChI is InChI=1S/C26H32N6O/c1-2-3-11-24(33)28-19-8-6-7-17(14-19)25-30-23-10-5-4-9-21(23)26(31-25)29-20-12-13-22-18(15-20)16-27-32-22/h4-10,14,18,20,22,27,32H,2-3,11-13,15-16H2,1H3,(H,28,33)(H,29,30,31). The first-order valence-electron chi connectivity index (χ1n) is 12.1. The van der Waals surface area contributed by atoms with Crippen molar-refractivity contribution in [3.8, 4) is 11.4 Å². The third kappa shape index (κ3) is 4.99. The Morgan fingerprint density at radius 3 is 2.94 bits per heavy atom. The van der Waals surface area contributed by atoms with E-state index >= 15 is 0 Å². The monoisotopic (exact) mass is 444 g/mol. The lowest BCUT2D eigenvalue weighted by Crippen LogP contribution is -2.39. The summed E-state index contributed by atoms with van der Waals surface area (Å²) in [5.41, 5.74) is 9.29. The Morgan fingerprint density at radius 2 is 2.03 bits per heavy atom. The minimum absolute atomic E-state index is 0.0438. The number of anilines is 2. The molecule has 4 N–H and O–H groups in total. The van der Waals surface area contributed by atoms with E-state index in [0.29, 0.717) is 30.2 Å². The van der Waals surface area contributed by atoms with Gasteiger partial charge in [-0.15, -0.1) is 0 Å². The molecule has 5 rings (SSSR count). The first-order valence-corrected chi connectivity index (χ1v) is 12.1. The smallest absolute Gasteiger partial charge is 0.224 e. The van der Waals surface area contributed by atoms with Crippen LogP contribution in [0.1, 0.15) is 45.4 Å². The van der Waals surface area contributed by atoms with Crippen molar-refractivity contribution in [2.45, 2.75) is 57.5 Å². The third-order valence-corrected chi connectivity index (χ3v) is 6.74. The molecule has 3 atom stereocenters. The molecule has 1 aliphatic heterocycles. The number of hydrogen-bond donors (Lipinski definition) is 4. The van der Waals surface area contributed by atoms with Crippen molar-refractivity contribution in [3.05, 3.63) is 48.5 Å². The van der Waals surface area contributed by atoms with Crippen LogP contribution in [0.4, 0.5) is 11.5 Å². The lowest BCUT2D eigenvalue weighted by molar-refractivity contribution is -0.116. The van der Waals surface area contributed by atoms with Crippen LogP contribution in [0.3, 0.4) is 0 Å². The highest BCUT2D eigenvalue weighted by Crippen LogP contribution is 2.31. The summed E-state index contributed by atoms with van der Waals surface area (Å²) in [7, 11) is 0. The van der Waals surface area contributed by atoms with Crippen molar-refractivity contribution in [2.24, 2.45) is 5.92 Å². The molecule has 2 aromatic carbocycles. The second-order valence-corrected chi connectivity index (χ2v) is 9.19. The summed E-state index contributed by atoms with van der Waals surface area (Å²) < 4.78 is 0. The Bertz CT molecular complexity index is 1130. The molecule has 3 aromatic rings. The first kappa shape index (κ1) is 21.8. The highest BCUT2D eigenvalue weighted by atomic mass is 16.1. The second-order valence-electron chi connectivity index (χ2n) is 9.19. The van der Waals surface area contributed by atoms with Crippen LogP contribution in [0, 0.1) is 5.92 Å². The zero-order chi connectivity index (χ0) is 22.6. The van der Waals surface area contributed by atoms with Crippen LogP contribution in [-0.2, 0) is 4.79 Å². The maximum absolute atomic E-state index is 12.2. The molecule has 1 aliphatic carbocycles. The van der Waals surface area contributed by atoms with Gasteiger partial charge in [-0.1, -0.05) is 37.6 Å². The van der Waals surface area contributed by atoms with Crippen molar-refractivity contribution >= 4 is 28.3 Å². The normalized spacial score (nSPS) is 22.2. The van der Waals surface area contributed by atoms with Crippen molar-refractivity contribution in [1.82, 2.24) is 20.8 Å². The molecule has 2 heterocycles. The van der Waals surface area contributed by atoms with E-state index in [4.69, 9.17) is 9.97 Å². The Labute approximate surface area is 194 Å². The molecule has 1 amide bonds. The summed E-state index contributed by atoms with van der Waals surface area (Å²) in [4.78, 5) is 22.0. The van der Waals surface area contributed by atoms with Gasteiger partial charge in [-0.3, -0.25) is 15.6 Å². The van der Waals surface area contributed by atoms with E-state index in [1.54, 1.807) is 0 Å². The van der Waals surface area contributed by atoms with Gasteiger partial charge in [0, 0.05) is 41.7 Å². The number of benzene rings is 2. The quantitative estimate of drug-likeness (QED) is 0.429. The van der Waals surface area contributed by atoms with Crippen molar-refractivity contribution in [1.29, 1.82) is 0 Å². The zero-order valence-electron chi connectivity index (χ0n) is 19.1. The number of para-hydroxylation sites is 1. The number of aromatic nitrogens is 2. The van der Waals surface area contributed by atoms with Crippen molar-refractivity contribution in [2.75, 3.05) is 17.2 Å². The predicted molar refractivity (Wildman–Crippen MR) is 133 cm³/mol. The number of nitrogens with one attached hydrogen (secondary N) is 4. The molecule has 1 aromatic heterocycles. The van der Waals surface area contributed by atoms with Crippen LogP contribution in [0.2, 0.25) is 0 Å². The highest BCUT2D eigenvalue weighted by molar-refractivity contribution is 5.92. The van der Waals surface area contributed by atoms with Gasteiger partial charge in [0.25, 0.3) is 0 Å². The Balaban J connectivity index is 1.41. The van der Waals surface area contributed by atoms with Gasteiger partial charge in [-0.25, -0.2) is 9.97 Å². The molecule has 3 unspecified atom stereocenters. The molecule has 7 heteroatoms. The molecule has 2 fully saturated rings. The van der Waals surface area contributed by atoms with Crippen molar-refractivity contribution < 1.29 is 4.79 Å². The number of unbranched alkanes of at least 4 members (excludes halogenated alkanes) is 1. The molecular formula is C26H32N6O. The Kier molecular flexibility index (Phi) is 6.51. The maximum atomic E-state index is 12.2. The fraction of sp³-hybridized carbons (Fsp3) is 0.423. The summed E-state index contributed by atoms with van der Waals surface area (Å²) in [6.45, 7) is 3.11. The van der Waals surface area contributed by atoms with Gasteiger partial charge in [-0.2, -0.15) is 0 Å². The largest absolute Gasteiger partial charge is 0.367 e. The van der Waals surface area contributed by atoms with Crippen LogP contribution in [0.25, 0.3) is 22.3 Å². The van der Waals surface area contributed by atoms with Gasteiger partial charge < -0.3 is 10.6 Å². The summed E-state index contributed by atoms with van der Waals surface area (Å²) in [6, 6.07) is 16.9. The lowest BCUT2D eigenvalue weighted by atomic mass is 9.83. The number of amides is 1. The van der Waals surface area contributed by atoms with Gasteiger partial charge >= 0.3 is 0 Å². The van der Waals surface area contributed by atoms with E-state index < -0.39 is 0 Å². The van der Waals surface area contributed by atoms with Crippen LogP contribution in [0.5, 0.6) is 0 Å². The minimum Gasteiger partial charge on any atom is -0.367 e. The molecule has 7 nitrogen and oxygen atoms in total. The van der Waals surface area contributed by atoms with E-state index in [9.17, 15) is 4.79 Å². The predicted octanol–water partition coefficient (Wildman–Crippen LogP) is 4.48. The number of carbonyl (C=O) groups is 1.